The van der Waals surface area contributed by atoms with Crippen LogP contribution in [-0.2, 0) is 0 Å². The van der Waals surface area contributed by atoms with Crippen molar-refractivity contribution in [3.05, 3.63) is 58.7 Å². The number of nitrogens with two attached hydrogens (primary N) is 1. The molecule has 3 N–H and O–H groups in total. The predicted molar refractivity (Wildman–Crippen MR) is 79.5 cm³/mol. The van der Waals surface area contributed by atoms with E-state index in [4.69, 9.17) is 5.73 Å². The highest BCUT2D eigenvalue weighted by atomic mass is 16.1. The highest BCUT2D eigenvalue weighted by Gasteiger charge is 2.10. The average molecular weight is 254 g/mol. The van der Waals surface area contributed by atoms with E-state index in [9.17, 15) is 4.79 Å². The van der Waals surface area contributed by atoms with E-state index in [1.807, 2.05) is 57.2 Å². The van der Waals surface area contributed by atoms with E-state index in [0.717, 1.165) is 22.4 Å². The lowest BCUT2D eigenvalue weighted by Crippen LogP contribution is -2.14. The number of benzene rings is 2. The third-order valence-electron chi connectivity index (χ3n) is 3.07. The van der Waals surface area contributed by atoms with Crippen LogP contribution in [-0.4, -0.2) is 5.91 Å². The minimum absolute atomic E-state index is 0.0975. The molecule has 0 heterocycles. The van der Waals surface area contributed by atoms with Gasteiger partial charge in [0.2, 0.25) is 0 Å². The summed E-state index contributed by atoms with van der Waals surface area (Å²) in [6.07, 6.45) is 0. The molecule has 0 bridgehead atoms. The maximum Gasteiger partial charge on any atom is 0.255 e. The number of carbonyl (C=O) groups excluding carboxylic acids is 1. The van der Waals surface area contributed by atoms with Gasteiger partial charge < -0.3 is 11.1 Å². The van der Waals surface area contributed by atoms with Crippen LogP contribution in [0.1, 0.15) is 27.0 Å². The van der Waals surface area contributed by atoms with Crippen LogP contribution in [0, 0.1) is 20.8 Å². The Kier molecular flexibility index (Phi) is 3.56. The molecule has 2 aromatic rings. The second kappa shape index (κ2) is 5.14. The highest BCUT2D eigenvalue weighted by Crippen LogP contribution is 2.24. The molecule has 0 radical (unpaired) electrons. The van der Waals surface area contributed by atoms with Crippen molar-refractivity contribution in [1.29, 1.82) is 0 Å². The Morgan fingerprint density at radius 3 is 2.26 bits per heavy atom. The van der Waals surface area contributed by atoms with Gasteiger partial charge in [0.25, 0.3) is 5.91 Å². The van der Waals surface area contributed by atoms with E-state index in [1.54, 1.807) is 0 Å². The van der Waals surface area contributed by atoms with Crippen molar-refractivity contribution in [2.45, 2.75) is 20.8 Å². The predicted octanol–water partition coefficient (Wildman–Crippen LogP) is 3.45. The molecule has 0 aromatic heterocycles. The fraction of sp³-hybridized carbons (Fsp3) is 0.188. The number of nitrogen functional groups attached to an aromatic ring is 1. The van der Waals surface area contributed by atoms with Gasteiger partial charge in [-0.15, -0.1) is 0 Å². The molecule has 0 aliphatic carbocycles. The Hall–Kier alpha value is -2.29. The largest absolute Gasteiger partial charge is 0.399 e. The van der Waals surface area contributed by atoms with Crippen LogP contribution in [0.25, 0.3) is 0 Å². The molecule has 2 rings (SSSR count). The summed E-state index contributed by atoms with van der Waals surface area (Å²) in [4.78, 5) is 12.2. The molecule has 0 saturated carbocycles. The van der Waals surface area contributed by atoms with Crippen LogP contribution in [0.4, 0.5) is 11.4 Å². The van der Waals surface area contributed by atoms with E-state index >= 15 is 0 Å². The molecule has 0 unspecified atom stereocenters. The maximum atomic E-state index is 12.2. The molecule has 3 heteroatoms. The zero-order chi connectivity index (χ0) is 14.0. The van der Waals surface area contributed by atoms with Gasteiger partial charge >= 0.3 is 0 Å². The van der Waals surface area contributed by atoms with E-state index in [1.165, 1.54) is 0 Å². The van der Waals surface area contributed by atoms with Crippen molar-refractivity contribution in [2.24, 2.45) is 0 Å². The Balaban J connectivity index is 2.29. The summed E-state index contributed by atoms with van der Waals surface area (Å²) < 4.78 is 0. The van der Waals surface area contributed by atoms with E-state index in [-0.39, 0.29) is 5.91 Å². The molecule has 98 valence electrons. The average Bonchev–Trinajstić information content (AvgIpc) is 2.33. The standard InChI is InChI=1S/C16H18N2O/c1-10-5-4-6-13(7-10)16(19)18-15-11(2)8-14(17)9-12(15)3/h4-9H,17H2,1-3H3,(H,18,19). The number of anilines is 2. The second-order valence-corrected chi connectivity index (χ2v) is 4.85. The lowest BCUT2D eigenvalue weighted by atomic mass is 10.1. The van der Waals surface area contributed by atoms with Gasteiger partial charge in [-0.05, 0) is 56.2 Å². The monoisotopic (exact) mass is 254 g/mol. The van der Waals surface area contributed by atoms with Crippen LogP contribution in [0.3, 0.4) is 0 Å². The molecule has 0 aliphatic rings. The van der Waals surface area contributed by atoms with Crippen molar-refractivity contribution < 1.29 is 4.79 Å². The van der Waals surface area contributed by atoms with Gasteiger partial charge in [0.05, 0.1) is 0 Å². The number of hydrogen-bond acceptors (Lipinski definition) is 2. The van der Waals surface area contributed by atoms with Crippen LogP contribution >= 0.6 is 0 Å². The topological polar surface area (TPSA) is 55.1 Å². The Morgan fingerprint density at radius 1 is 1.05 bits per heavy atom. The number of amides is 1. The third kappa shape index (κ3) is 2.94. The molecule has 19 heavy (non-hydrogen) atoms. The van der Waals surface area contributed by atoms with Crippen LogP contribution in [0.15, 0.2) is 36.4 Å². The van der Waals surface area contributed by atoms with Crippen molar-refractivity contribution in [1.82, 2.24) is 0 Å². The fourth-order valence-corrected chi connectivity index (χ4v) is 2.17. The summed E-state index contributed by atoms with van der Waals surface area (Å²) >= 11 is 0. The second-order valence-electron chi connectivity index (χ2n) is 4.85. The number of carbonyl (C=O) groups is 1. The van der Waals surface area contributed by atoms with Gasteiger partial charge in [0, 0.05) is 16.9 Å². The van der Waals surface area contributed by atoms with Gasteiger partial charge in [-0.25, -0.2) is 0 Å². The van der Waals surface area contributed by atoms with Gasteiger partial charge in [0.15, 0.2) is 0 Å². The van der Waals surface area contributed by atoms with Gasteiger partial charge in [0.1, 0.15) is 0 Å². The molecule has 0 saturated heterocycles. The molecule has 1 amide bonds. The Labute approximate surface area is 113 Å². The first-order chi connectivity index (χ1) is 8.97. The molecule has 0 fully saturated rings. The summed E-state index contributed by atoms with van der Waals surface area (Å²) in [6.45, 7) is 5.85. The lowest BCUT2D eigenvalue weighted by Gasteiger charge is -2.13. The Morgan fingerprint density at radius 2 is 1.68 bits per heavy atom. The first-order valence-corrected chi connectivity index (χ1v) is 6.22. The first kappa shape index (κ1) is 13.1. The van der Waals surface area contributed by atoms with E-state index < -0.39 is 0 Å². The molecular weight excluding hydrogens is 236 g/mol. The molecule has 3 nitrogen and oxygen atoms in total. The van der Waals surface area contributed by atoms with Crippen molar-refractivity contribution in [3.63, 3.8) is 0 Å². The summed E-state index contributed by atoms with van der Waals surface area (Å²) in [5, 5.41) is 2.95. The molecule has 0 atom stereocenters. The molecule has 0 aliphatic heterocycles. The van der Waals surface area contributed by atoms with Gasteiger partial charge in [-0.3, -0.25) is 4.79 Å². The van der Waals surface area contributed by atoms with E-state index in [0.29, 0.717) is 11.3 Å². The SMILES string of the molecule is Cc1cccc(C(=O)Nc2c(C)cc(N)cc2C)c1. The minimum Gasteiger partial charge on any atom is -0.399 e. The van der Waals surface area contributed by atoms with Crippen molar-refractivity contribution >= 4 is 17.3 Å². The summed E-state index contributed by atoms with van der Waals surface area (Å²) in [6, 6.07) is 11.3. The van der Waals surface area contributed by atoms with Crippen LogP contribution < -0.4 is 11.1 Å². The van der Waals surface area contributed by atoms with Crippen molar-refractivity contribution in [2.75, 3.05) is 11.1 Å². The van der Waals surface area contributed by atoms with E-state index in [2.05, 4.69) is 5.32 Å². The molecule has 2 aromatic carbocycles. The van der Waals surface area contributed by atoms with Crippen LogP contribution in [0.5, 0.6) is 0 Å². The normalized spacial score (nSPS) is 10.3. The summed E-state index contributed by atoms with van der Waals surface area (Å²) in [7, 11) is 0. The first-order valence-electron chi connectivity index (χ1n) is 6.22. The smallest absolute Gasteiger partial charge is 0.255 e. The summed E-state index contributed by atoms with van der Waals surface area (Å²) in [5.74, 6) is -0.0975. The highest BCUT2D eigenvalue weighted by molar-refractivity contribution is 6.05. The minimum atomic E-state index is -0.0975. The molecule has 0 spiro atoms. The summed E-state index contributed by atoms with van der Waals surface area (Å²) in [5.41, 5.74) is 11.0. The number of rotatable bonds is 2. The lowest BCUT2D eigenvalue weighted by molar-refractivity contribution is 0.102. The Bertz CT molecular complexity index is 609. The number of nitrogens with one attached hydrogen (secondary N) is 1. The molecular formula is C16H18N2O. The quantitative estimate of drug-likeness (QED) is 0.806. The third-order valence-corrected chi connectivity index (χ3v) is 3.07. The number of aryl methyl sites for hydroxylation is 3. The van der Waals surface area contributed by atoms with Gasteiger partial charge in [-0.2, -0.15) is 0 Å². The maximum absolute atomic E-state index is 12.2. The number of hydrogen-bond donors (Lipinski definition) is 2. The fourth-order valence-electron chi connectivity index (χ4n) is 2.17. The van der Waals surface area contributed by atoms with Crippen molar-refractivity contribution in [3.8, 4) is 0 Å². The van der Waals surface area contributed by atoms with Crippen LogP contribution in [0.2, 0.25) is 0 Å². The zero-order valence-corrected chi connectivity index (χ0v) is 11.4. The van der Waals surface area contributed by atoms with Gasteiger partial charge in [-0.1, -0.05) is 17.7 Å². The zero-order valence-electron chi connectivity index (χ0n) is 11.4.